The Kier molecular flexibility index (Phi) is 1.63. The first kappa shape index (κ1) is 7.15. The molecule has 0 aromatic heterocycles. The van der Waals surface area contributed by atoms with Gasteiger partial charge in [-0.15, -0.1) is 0 Å². The van der Waals surface area contributed by atoms with Gasteiger partial charge in [0.1, 0.15) is 0 Å². The maximum atomic E-state index is 2.42. The summed E-state index contributed by atoms with van der Waals surface area (Å²) >= 11 is 0. The minimum Gasteiger partial charge on any atom is -0.0876 e. The summed E-state index contributed by atoms with van der Waals surface area (Å²) in [5, 5.41) is 0. The smallest absolute Gasteiger partial charge is 0.00145 e. The SMILES string of the molecule is C/C=C1\C2C=CC(C2)C1CC. The molecule has 2 aliphatic rings. The van der Waals surface area contributed by atoms with Crippen LogP contribution in [-0.4, -0.2) is 0 Å². The van der Waals surface area contributed by atoms with Gasteiger partial charge in [0.25, 0.3) is 0 Å². The van der Waals surface area contributed by atoms with Crippen molar-refractivity contribution in [1.29, 1.82) is 0 Å². The summed E-state index contributed by atoms with van der Waals surface area (Å²) in [7, 11) is 0. The Morgan fingerprint density at radius 2 is 2.36 bits per heavy atom. The van der Waals surface area contributed by atoms with E-state index in [4.69, 9.17) is 0 Å². The van der Waals surface area contributed by atoms with E-state index in [0.717, 1.165) is 17.8 Å². The van der Waals surface area contributed by atoms with Gasteiger partial charge in [-0.2, -0.15) is 0 Å². The molecule has 11 heavy (non-hydrogen) atoms. The monoisotopic (exact) mass is 148 g/mol. The molecule has 2 aliphatic carbocycles. The van der Waals surface area contributed by atoms with Crippen LogP contribution in [0.2, 0.25) is 0 Å². The van der Waals surface area contributed by atoms with Crippen molar-refractivity contribution >= 4 is 0 Å². The highest BCUT2D eigenvalue weighted by Gasteiger charge is 2.37. The average molecular weight is 148 g/mol. The van der Waals surface area contributed by atoms with Gasteiger partial charge in [0, 0.05) is 0 Å². The molecule has 3 atom stereocenters. The molecular weight excluding hydrogens is 132 g/mol. The van der Waals surface area contributed by atoms with Crippen molar-refractivity contribution < 1.29 is 0 Å². The Hall–Kier alpha value is -0.520. The van der Waals surface area contributed by atoms with Crippen LogP contribution in [0.1, 0.15) is 26.7 Å². The van der Waals surface area contributed by atoms with Crippen molar-refractivity contribution in [2.45, 2.75) is 26.7 Å². The molecule has 0 aliphatic heterocycles. The minimum atomic E-state index is 0.815. The summed E-state index contributed by atoms with van der Waals surface area (Å²) in [6.45, 7) is 4.50. The average Bonchev–Trinajstić information content (AvgIpc) is 2.60. The maximum Gasteiger partial charge on any atom is -0.00145 e. The van der Waals surface area contributed by atoms with Gasteiger partial charge >= 0.3 is 0 Å². The van der Waals surface area contributed by atoms with Crippen molar-refractivity contribution in [1.82, 2.24) is 0 Å². The molecule has 1 fully saturated rings. The number of hydrogen-bond acceptors (Lipinski definition) is 0. The molecule has 0 saturated heterocycles. The van der Waals surface area contributed by atoms with Crippen LogP contribution in [0, 0.1) is 17.8 Å². The molecule has 0 radical (unpaired) electrons. The fourth-order valence-corrected chi connectivity index (χ4v) is 2.76. The fraction of sp³-hybridized carbons (Fsp3) is 0.636. The van der Waals surface area contributed by atoms with Gasteiger partial charge < -0.3 is 0 Å². The second-order valence-corrected chi connectivity index (χ2v) is 3.69. The lowest BCUT2D eigenvalue weighted by Gasteiger charge is -2.19. The molecule has 2 bridgehead atoms. The molecule has 0 nitrogen and oxygen atoms in total. The summed E-state index contributed by atoms with van der Waals surface area (Å²) in [5.74, 6) is 2.58. The van der Waals surface area contributed by atoms with Crippen LogP contribution in [-0.2, 0) is 0 Å². The van der Waals surface area contributed by atoms with E-state index in [0.29, 0.717) is 0 Å². The van der Waals surface area contributed by atoms with E-state index in [9.17, 15) is 0 Å². The lowest BCUT2D eigenvalue weighted by molar-refractivity contribution is 0.497. The summed E-state index contributed by atoms with van der Waals surface area (Å²) in [6.07, 6.45) is 9.88. The number of hydrogen-bond donors (Lipinski definition) is 0. The summed E-state index contributed by atoms with van der Waals surface area (Å²) in [6, 6.07) is 0. The highest BCUT2D eigenvalue weighted by molar-refractivity contribution is 5.29. The maximum absolute atomic E-state index is 2.42. The third-order valence-electron chi connectivity index (χ3n) is 3.26. The third-order valence-corrected chi connectivity index (χ3v) is 3.26. The van der Waals surface area contributed by atoms with E-state index in [1.165, 1.54) is 12.8 Å². The molecule has 2 rings (SSSR count). The molecule has 0 heteroatoms. The van der Waals surface area contributed by atoms with Crippen LogP contribution >= 0.6 is 0 Å². The Balaban J connectivity index is 2.28. The largest absolute Gasteiger partial charge is 0.0876 e. The first-order valence-corrected chi connectivity index (χ1v) is 4.71. The second-order valence-electron chi connectivity index (χ2n) is 3.69. The summed E-state index contributed by atoms with van der Waals surface area (Å²) in [5.41, 5.74) is 1.71. The topological polar surface area (TPSA) is 0 Å². The van der Waals surface area contributed by atoms with Gasteiger partial charge in [0.15, 0.2) is 0 Å². The molecule has 0 heterocycles. The van der Waals surface area contributed by atoms with Crippen molar-refractivity contribution in [3.05, 3.63) is 23.8 Å². The second kappa shape index (κ2) is 2.51. The Bertz CT molecular complexity index is 210. The minimum absolute atomic E-state index is 0.815. The predicted octanol–water partition coefficient (Wildman–Crippen LogP) is 3.16. The Labute approximate surface area is 69.0 Å². The van der Waals surface area contributed by atoms with Crippen molar-refractivity contribution in [2.24, 2.45) is 17.8 Å². The lowest BCUT2D eigenvalue weighted by atomic mass is 9.86. The molecule has 0 aromatic carbocycles. The van der Waals surface area contributed by atoms with Crippen molar-refractivity contribution in [2.75, 3.05) is 0 Å². The zero-order valence-electron chi connectivity index (χ0n) is 7.38. The number of fused-ring (bicyclic) bond motifs is 2. The van der Waals surface area contributed by atoms with Crippen molar-refractivity contribution in [3.8, 4) is 0 Å². The zero-order valence-corrected chi connectivity index (χ0v) is 7.38. The van der Waals surface area contributed by atoms with Crippen LogP contribution in [0.5, 0.6) is 0 Å². The molecule has 3 unspecified atom stereocenters. The molecule has 0 N–H and O–H groups in total. The molecule has 1 saturated carbocycles. The highest BCUT2D eigenvalue weighted by atomic mass is 14.4. The quantitative estimate of drug-likeness (QED) is 0.501. The Morgan fingerprint density at radius 1 is 1.55 bits per heavy atom. The zero-order chi connectivity index (χ0) is 7.84. The lowest BCUT2D eigenvalue weighted by Crippen LogP contribution is -2.08. The molecule has 0 aromatic rings. The standard InChI is InChI=1S/C11H16/c1-3-10-8-5-6-9(7-8)11(10)4-2/h3,5-6,8-9,11H,4,7H2,1-2H3/b10-3+. The Morgan fingerprint density at radius 3 is 2.91 bits per heavy atom. The molecular formula is C11H16. The van der Waals surface area contributed by atoms with Gasteiger partial charge in [-0.05, 0) is 37.5 Å². The first-order chi connectivity index (χ1) is 5.36. The number of rotatable bonds is 1. The van der Waals surface area contributed by atoms with Crippen LogP contribution < -0.4 is 0 Å². The van der Waals surface area contributed by atoms with Gasteiger partial charge in [-0.1, -0.05) is 30.7 Å². The first-order valence-electron chi connectivity index (χ1n) is 4.71. The van der Waals surface area contributed by atoms with Crippen LogP contribution in [0.4, 0.5) is 0 Å². The van der Waals surface area contributed by atoms with Gasteiger partial charge in [-0.3, -0.25) is 0 Å². The molecule has 0 spiro atoms. The molecule has 0 amide bonds. The van der Waals surface area contributed by atoms with E-state index in [1.54, 1.807) is 5.57 Å². The van der Waals surface area contributed by atoms with Crippen LogP contribution in [0.3, 0.4) is 0 Å². The summed E-state index contributed by atoms with van der Waals surface area (Å²) in [4.78, 5) is 0. The predicted molar refractivity (Wildman–Crippen MR) is 48.3 cm³/mol. The van der Waals surface area contributed by atoms with Gasteiger partial charge in [0.05, 0.1) is 0 Å². The highest BCUT2D eigenvalue weighted by Crippen LogP contribution is 2.48. The summed E-state index contributed by atoms with van der Waals surface area (Å²) < 4.78 is 0. The third kappa shape index (κ3) is 0.885. The normalized spacial score (nSPS) is 44.2. The van der Waals surface area contributed by atoms with E-state index >= 15 is 0 Å². The van der Waals surface area contributed by atoms with E-state index in [1.807, 2.05) is 0 Å². The molecule has 60 valence electrons. The van der Waals surface area contributed by atoms with Gasteiger partial charge in [-0.25, -0.2) is 0 Å². The fourth-order valence-electron chi connectivity index (χ4n) is 2.76. The van der Waals surface area contributed by atoms with Gasteiger partial charge in [0.2, 0.25) is 0 Å². The van der Waals surface area contributed by atoms with Crippen LogP contribution in [0.15, 0.2) is 23.8 Å². The number of allylic oxidation sites excluding steroid dienone is 4. The van der Waals surface area contributed by atoms with E-state index < -0.39 is 0 Å². The van der Waals surface area contributed by atoms with E-state index in [2.05, 4.69) is 32.1 Å². The van der Waals surface area contributed by atoms with E-state index in [-0.39, 0.29) is 0 Å². The van der Waals surface area contributed by atoms with Crippen molar-refractivity contribution in [3.63, 3.8) is 0 Å². The van der Waals surface area contributed by atoms with Crippen LogP contribution in [0.25, 0.3) is 0 Å².